The molecule has 1 fully saturated rings. The third-order valence-electron chi connectivity index (χ3n) is 3.17. The summed E-state index contributed by atoms with van der Waals surface area (Å²) in [4.78, 5) is 0. The standard InChI is InChI=1S/C14H20BrNO/c1-10(2)13-9-11(15)3-4-14(13)17-12-5-7-16-8-6-12/h3-4,9-10,12,16H,5-8H2,1-2H3. The molecule has 1 saturated heterocycles. The van der Waals surface area contributed by atoms with Gasteiger partial charge < -0.3 is 10.1 Å². The summed E-state index contributed by atoms with van der Waals surface area (Å²) in [5.41, 5.74) is 1.29. The van der Waals surface area contributed by atoms with E-state index in [0.29, 0.717) is 12.0 Å². The number of piperidine rings is 1. The van der Waals surface area contributed by atoms with E-state index in [9.17, 15) is 0 Å². The molecule has 0 radical (unpaired) electrons. The van der Waals surface area contributed by atoms with Crippen molar-refractivity contribution in [1.29, 1.82) is 0 Å². The molecule has 1 aliphatic rings. The fraction of sp³-hybridized carbons (Fsp3) is 0.571. The number of rotatable bonds is 3. The van der Waals surface area contributed by atoms with Crippen LogP contribution in [0, 0.1) is 0 Å². The van der Waals surface area contributed by atoms with E-state index in [1.165, 1.54) is 5.56 Å². The maximum absolute atomic E-state index is 6.14. The summed E-state index contributed by atoms with van der Waals surface area (Å²) in [7, 11) is 0. The van der Waals surface area contributed by atoms with Crippen molar-refractivity contribution >= 4 is 15.9 Å². The summed E-state index contributed by atoms with van der Waals surface area (Å²) >= 11 is 3.52. The lowest BCUT2D eigenvalue weighted by Crippen LogP contribution is -2.34. The van der Waals surface area contributed by atoms with Crippen molar-refractivity contribution in [2.75, 3.05) is 13.1 Å². The first-order valence-corrected chi connectivity index (χ1v) is 7.13. The molecule has 0 saturated carbocycles. The van der Waals surface area contributed by atoms with Crippen LogP contribution in [-0.2, 0) is 0 Å². The lowest BCUT2D eigenvalue weighted by molar-refractivity contribution is 0.160. The highest BCUT2D eigenvalue weighted by Gasteiger charge is 2.17. The molecule has 0 aromatic heterocycles. The fourth-order valence-corrected chi connectivity index (χ4v) is 2.55. The minimum absolute atomic E-state index is 0.370. The summed E-state index contributed by atoms with van der Waals surface area (Å²) in [5.74, 6) is 1.54. The van der Waals surface area contributed by atoms with E-state index in [1.54, 1.807) is 0 Å². The molecule has 0 aliphatic carbocycles. The van der Waals surface area contributed by atoms with E-state index >= 15 is 0 Å². The van der Waals surface area contributed by atoms with E-state index in [1.807, 2.05) is 0 Å². The summed E-state index contributed by atoms with van der Waals surface area (Å²) in [6.07, 6.45) is 2.58. The van der Waals surface area contributed by atoms with Crippen molar-refractivity contribution in [1.82, 2.24) is 5.32 Å². The molecule has 0 amide bonds. The van der Waals surface area contributed by atoms with Crippen LogP contribution in [0.25, 0.3) is 0 Å². The van der Waals surface area contributed by atoms with Crippen molar-refractivity contribution in [3.8, 4) is 5.75 Å². The molecule has 1 aliphatic heterocycles. The van der Waals surface area contributed by atoms with Gasteiger partial charge in [0.2, 0.25) is 0 Å². The Labute approximate surface area is 112 Å². The molecule has 94 valence electrons. The zero-order valence-corrected chi connectivity index (χ0v) is 12.1. The van der Waals surface area contributed by atoms with Gasteiger partial charge in [-0.3, -0.25) is 0 Å². The number of nitrogens with one attached hydrogen (secondary N) is 1. The molecule has 1 N–H and O–H groups in total. The van der Waals surface area contributed by atoms with Crippen LogP contribution in [0.3, 0.4) is 0 Å². The third-order valence-corrected chi connectivity index (χ3v) is 3.67. The van der Waals surface area contributed by atoms with E-state index in [-0.39, 0.29) is 0 Å². The monoisotopic (exact) mass is 297 g/mol. The first-order chi connectivity index (χ1) is 8.16. The average Bonchev–Trinajstić information content (AvgIpc) is 2.32. The van der Waals surface area contributed by atoms with Crippen LogP contribution in [0.5, 0.6) is 5.75 Å². The quantitative estimate of drug-likeness (QED) is 0.918. The van der Waals surface area contributed by atoms with Gasteiger partial charge in [0.15, 0.2) is 0 Å². The van der Waals surface area contributed by atoms with Crippen molar-refractivity contribution in [2.24, 2.45) is 0 Å². The highest BCUT2D eigenvalue weighted by molar-refractivity contribution is 9.10. The third kappa shape index (κ3) is 3.46. The number of halogens is 1. The molecule has 0 spiro atoms. The molecule has 0 atom stereocenters. The van der Waals surface area contributed by atoms with Crippen LogP contribution in [0.4, 0.5) is 0 Å². The van der Waals surface area contributed by atoms with E-state index < -0.39 is 0 Å². The molecule has 3 heteroatoms. The van der Waals surface area contributed by atoms with Gasteiger partial charge in [-0.05, 0) is 55.6 Å². The summed E-state index contributed by atoms with van der Waals surface area (Å²) in [6, 6.07) is 6.31. The predicted octanol–water partition coefficient (Wildman–Crippen LogP) is 3.70. The molecule has 0 bridgehead atoms. The normalized spacial score (nSPS) is 17.4. The Morgan fingerprint density at radius 1 is 1.29 bits per heavy atom. The molecule has 17 heavy (non-hydrogen) atoms. The number of hydrogen-bond acceptors (Lipinski definition) is 2. The Kier molecular flexibility index (Phi) is 4.46. The Balaban J connectivity index is 2.13. The maximum Gasteiger partial charge on any atom is 0.123 e. The second kappa shape index (κ2) is 5.87. The van der Waals surface area contributed by atoms with Gasteiger partial charge in [0, 0.05) is 4.47 Å². The van der Waals surface area contributed by atoms with Gasteiger partial charge in [-0.25, -0.2) is 0 Å². The topological polar surface area (TPSA) is 21.3 Å². The molecular formula is C14H20BrNO. The van der Waals surface area contributed by atoms with Crippen LogP contribution in [0.15, 0.2) is 22.7 Å². The summed E-state index contributed by atoms with van der Waals surface area (Å²) in [5, 5.41) is 3.36. The lowest BCUT2D eigenvalue weighted by atomic mass is 10.0. The van der Waals surface area contributed by atoms with Crippen LogP contribution in [-0.4, -0.2) is 19.2 Å². The van der Waals surface area contributed by atoms with E-state index in [0.717, 1.165) is 36.2 Å². The first-order valence-electron chi connectivity index (χ1n) is 6.33. The second-order valence-corrected chi connectivity index (χ2v) is 5.82. The van der Waals surface area contributed by atoms with Gasteiger partial charge >= 0.3 is 0 Å². The van der Waals surface area contributed by atoms with Crippen LogP contribution in [0.2, 0.25) is 0 Å². The SMILES string of the molecule is CC(C)c1cc(Br)ccc1OC1CCNCC1. The fourth-order valence-electron chi connectivity index (χ4n) is 2.17. The summed E-state index contributed by atoms with van der Waals surface area (Å²) < 4.78 is 7.27. The Hall–Kier alpha value is -0.540. The molecule has 0 unspecified atom stereocenters. The summed E-state index contributed by atoms with van der Waals surface area (Å²) in [6.45, 7) is 6.55. The second-order valence-electron chi connectivity index (χ2n) is 4.90. The molecule has 1 heterocycles. The van der Waals surface area contributed by atoms with Crippen LogP contribution in [0.1, 0.15) is 38.2 Å². The average molecular weight is 298 g/mol. The number of hydrogen-bond donors (Lipinski definition) is 1. The minimum Gasteiger partial charge on any atom is -0.490 e. The maximum atomic E-state index is 6.14. The van der Waals surface area contributed by atoms with Gasteiger partial charge in [-0.1, -0.05) is 29.8 Å². The van der Waals surface area contributed by atoms with E-state index in [4.69, 9.17) is 4.74 Å². The van der Waals surface area contributed by atoms with E-state index in [2.05, 4.69) is 53.3 Å². The molecule has 2 rings (SSSR count). The first kappa shape index (κ1) is 12.9. The van der Waals surface area contributed by atoms with Gasteiger partial charge in [-0.2, -0.15) is 0 Å². The Morgan fingerprint density at radius 2 is 2.00 bits per heavy atom. The van der Waals surface area contributed by atoms with Crippen molar-refractivity contribution in [2.45, 2.75) is 38.7 Å². The minimum atomic E-state index is 0.370. The Bertz CT molecular complexity index is 372. The highest BCUT2D eigenvalue weighted by atomic mass is 79.9. The lowest BCUT2D eigenvalue weighted by Gasteiger charge is -2.25. The van der Waals surface area contributed by atoms with Crippen molar-refractivity contribution < 1.29 is 4.74 Å². The van der Waals surface area contributed by atoms with Gasteiger partial charge in [0.1, 0.15) is 11.9 Å². The zero-order valence-electron chi connectivity index (χ0n) is 10.5. The molecule has 2 nitrogen and oxygen atoms in total. The smallest absolute Gasteiger partial charge is 0.123 e. The van der Waals surface area contributed by atoms with Gasteiger partial charge in [-0.15, -0.1) is 0 Å². The number of benzene rings is 1. The van der Waals surface area contributed by atoms with Gasteiger partial charge in [0.05, 0.1) is 0 Å². The Morgan fingerprint density at radius 3 is 2.65 bits per heavy atom. The van der Waals surface area contributed by atoms with Crippen molar-refractivity contribution in [3.05, 3.63) is 28.2 Å². The van der Waals surface area contributed by atoms with Crippen LogP contribution < -0.4 is 10.1 Å². The largest absolute Gasteiger partial charge is 0.490 e. The van der Waals surface area contributed by atoms with Crippen molar-refractivity contribution in [3.63, 3.8) is 0 Å². The molecular weight excluding hydrogens is 278 g/mol. The highest BCUT2D eigenvalue weighted by Crippen LogP contribution is 2.31. The predicted molar refractivity (Wildman–Crippen MR) is 74.8 cm³/mol. The number of ether oxygens (including phenoxy) is 1. The molecule has 1 aromatic rings. The zero-order chi connectivity index (χ0) is 12.3. The van der Waals surface area contributed by atoms with Crippen LogP contribution >= 0.6 is 15.9 Å². The molecule has 1 aromatic carbocycles. The van der Waals surface area contributed by atoms with Gasteiger partial charge in [0.25, 0.3) is 0 Å².